The maximum Gasteiger partial charge on any atom is 0.325 e. The van der Waals surface area contributed by atoms with Crippen LogP contribution in [0.25, 0.3) is 0 Å². The Bertz CT molecular complexity index is 927. The topological polar surface area (TPSA) is 69.7 Å². The van der Waals surface area contributed by atoms with Gasteiger partial charge >= 0.3 is 6.03 Å². The van der Waals surface area contributed by atoms with E-state index in [2.05, 4.69) is 5.32 Å². The SMILES string of the molecule is CSc1ccc(CN(C)C(=O)CN2C(=O)N[C@@](C)(c3ccc(C)cc3)C2=O)cc1. The fourth-order valence-corrected chi connectivity index (χ4v) is 3.68. The van der Waals surface area contributed by atoms with E-state index in [-0.39, 0.29) is 12.5 Å². The first-order chi connectivity index (χ1) is 13.7. The third-order valence-electron chi connectivity index (χ3n) is 5.20. The summed E-state index contributed by atoms with van der Waals surface area (Å²) in [4.78, 5) is 41.8. The number of hydrogen-bond donors (Lipinski definition) is 1. The minimum absolute atomic E-state index is 0.286. The quantitative estimate of drug-likeness (QED) is 0.586. The summed E-state index contributed by atoms with van der Waals surface area (Å²) in [6, 6.07) is 14.8. The van der Waals surface area contributed by atoms with E-state index in [1.807, 2.05) is 61.7 Å². The Morgan fingerprint density at radius 2 is 1.72 bits per heavy atom. The maximum absolute atomic E-state index is 13.0. The predicted octanol–water partition coefficient (Wildman–Crippen LogP) is 3.14. The van der Waals surface area contributed by atoms with Crippen LogP contribution in [0.15, 0.2) is 53.4 Å². The molecule has 152 valence electrons. The van der Waals surface area contributed by atoms with Crippen molar-refractivity contribution >= 4 is 29.6 Å². The number of aryl methyl sites for hydroxylation is 1. The molecule has 29 heavy (non-hydrogen) atoms. The number of likely N-dealkylation sites (N-methyl/N-ethyl adjacent to an activating group) is 1. The summed E-state index contributed by atoms with van der Waals surface area (Å²) in [7, 11) is 1.67. The first-order valence-corrected chi connectivity index (χ1v) is 10.5. The third-order valence-corrected chi connectivity index (χ3v) is 5.95. The second kappa shape index (κ2) is 8.29. The van der Waals surface area contributed by atoms with E-state index in [4.69, 9.17) is 0 Å². The van der Waals surface area contributed by atoms with Gasteiger partial charge in [-0.2, -0.15) is 0 Å². The van der Waals surface area contributed by atoms with E-state index >= 15 is 0 Å². The van der Waals surface area contributed by atoms with Crippen LogP contribution in [0.5, 0.6) is 0 Å². The number of rotatable bonds is 6. The molecule has 1 fully saturated rings. The number of nitrogens with zero attached hydrogens (tertiary/aromatic N) is 2. The fourth-order valence-electron chi connectivity index (χ4n) is 3.27. The Balaban J connectivity index is 1.68. The molecule has 6 nitrogen and oxygen atoms in total. The molecule has 2 aromatic carbocycles. The van der Waals surface area contributed by atoms with E-state index in [1.54, 1.807) is 25.7 Å². The van der Waals surface area contributed by atoms with Gasteiger partial charge in [0, 0.05) is 18.5 Å². The van der Waals surface area contributed by atoms with Gasteiger partial charge in [-0.3, -0.25) is 14.5 Å². The van der Waals surface area contributed by atoms with Gasteiger partial charge in [-0.05, 0) is 43.4 Å². The summed E-state index contributed by atoms with van der Waals surface area (Å²) in [5.41, 5.74) is 1.57. The molecule has 1 heterocycles. The molecule has 1 N–H and O–H groups in total. The standard InChI is InChI=1S/C22H25N3O3S/c1-15-5-9-17(10-6-15)22(2)20(27)25(21(28)23-22)14-19(26)24(3)13-16-7-11-18(29-4)12-8-16/h5-12H,13-14H2,1-4H3,(H,23,28)/t22-/m0/s1. The number of urea groups is 1. The first kappa shape index (κ1) is 20.9. The van der Waals surface area contributed by atoms with Crippen molar-refractivity contribution in [3.05, 3.63) is 65.2 Å². The molecule has 1 aliphatic heterocycles. The highest BCUT2D eigenvalue weighted by molar-refractivity contribution is 7.98. The number of amides is 4. The van der Waals surface area contributed by atoms with E-state index in [0.29, 0.717) is 12.1 Å². The van der Waals surface area contributed by atoms with Crippen molar-refractivity contribution in [2.24, 2.45) is 0 Å². The van der Waals surface area contributed by atoms with Crippen LogP contribution in [0.4, 0.5) is 4.79 Å². The molecule has 1 aliphatic rings. The smallest absolute Gasteiger partial charge is 0.325 e. The van der Waals surface area contributed by atoms with Gasteiger partial charge in [-0.1, -0.05) is 42.0 Å². The summed E-state index contributed by atoms with van der Waals surface area (Å²) in [5.74, 6) is -0.715. The number of thioether (sulfide) groups is 1. The summed E-state index contributed by atoms with van der Waals surface area (Å²) in [6.45, 7) is 3.74. The second-order valence-electron chi connectivity index (χ2n) is 7.41. The summed E-state index contributed by atoms with van der Waals surface area (Å²) in [6.07, 6.45) is 2.01. The fraction of sp³-hybridized carbons (Fsp3) is 0.318. The molecule has 0 bridgehead atoms. The molecule has 0 aliphatic carbocycles. The van der Waals surface area contributed by atoms with Gasteiger partial charge in [0.15, 0.2) is 0 Å². The van der Waals surface area contributed by atoms with Gasteiger partial charge in [-0.25, -0.2) is 4.79 Å². The van der Waals surface area contributed by atoms with Gasteiger partial charge in [0.25, 0.3) is 5.91 Å². The number of hydrogen-bond acceptors (Lipinski definition) is 4. The van der Waals surface area contributed by atoms with Crippen LogP contribution in [-0.4, -0.2) is 47.5 Å². The van der Waals surface area contributed by atoms with E-state index in [0.717, 1.165) is 20.9 Å². The van der Waals surface area contributed by atoms with Crippen LogP contribution in [-0.2, 0) is 21.7 Å². The van der Waals surface area contributed by atoms with Crippen LogP contribution in [0.2, 0.25) is 0 Å². The summed E-state index contributed by atoms with van der Waals surface area (Å²) in [5, 5.41) is 2.74. The van der Waals surface area contributed by atoms with Gasteiger partial charge < -0.3 is 10.2 Å². The lowest BCUT2D eigenvalue weighted by Gasteiger charge is -2.23. The Labute approximate surface area is 175 Å². The number of nitrogens with one attached hydrogen (secondary N) is 1. The van der Waals surface area contributed by atoms with Crippen molar-refractivity contribution in [3.63, 3.8) is 0 Å². The van der Waals surface area contributed by atoms with Gasteiger partial charge in [0.1, 0.15) is 12.1 Å². The number of benzene rings is 2. The second-order valence-corrected chi connectivity index (χ2v) is 8.29. The van der Waals surface area contributed by atoms with Crippen molar-refractivity contribution in [3.8, 4) is 0 Å². The predicted molar refractivity (Wildman–Crippen MR) is 113 cm³/mol. The molecule has 0 aromatic heterocycles. The highest BCUT2D eigenvalue weighted by Crippen LogP contribution is 2.29. The van der Waals surface area contributed by atoms with E-state index in [9.17, 15) is 14.4 Å². The largest absolute Gasteiger partial charge is 0.340 e. The number of imide groups is 1. The minimum atomic E-state index is -1.17. The van der Waals surface area contributed by atoms with Crippen LogP contribution in [0, 0.1) is 6.92 Å². The molecule has 7 heteroatoms. The van der Waals surface area contributed by atoms with Crippen LogP contribution < -0.4 is 5.32 Å². The zero-order valence-corrected chi connectivity index (χ0v) is 17.9. The molecule has 0 unspecified atom stereocenters. The highest BCUT2D eigenvalue weighted by atomic mass is 32.2. The Morgan fingerprint density at radius 3 is 2.31 bits per heavy atom. The molecule has 1 atom stereocenters. The lowest BCUT2D eigenvalue weighted by molar-refractivity contribution is -0.138. The molecule has 0 radical (unpaired) electrons. The van der Waals surface area contributed by atoms with Crippen molar-refractivity contribution < 1.29 is 14.4 Å². The van der Waals surface area contributed by atoms with Crippen LogP contribution in [0.1, 0.15) is 23.6 Å². The average molecular weight is 412 g/mol. The van der Waals surface area contributed by atoms with Crippen molar-refractivity contribution in [2.75, 3.05) is 19.8 Å². The van der Waals surface area contributed by atoms with E-state index in [1.165, 1.54) is 4.90 Å². The van der Waals surface area contributed by atoms with Gasteiger partial charge in [0.2, 0.25) is 5.91 Å². The molecule has 3 rings (SSSR count). The van der Waals surface area contributed by atoms with E-state index < -0.39 is 17.5 Å². The molecule has 0 saturated carbocycles. The molecular weight excluding hydrogens is 386 g/mol. The Hall–Kier alpha value is -2.80. The molecule has 0 spiro atoms. The summed E-state index contributed by atoms with van der Waals surface area (Å²) < 4.78 is 0. The van der Waals surface area contributed by atoms with Crippen molar-refractivity contribution in [1.29, 1.82) is 0 Å². The van der Waals surface area contributed by atoms with Crippen LogP contribution in [0.3, 0.4) is 0 Å². The highest BCUT2D eigenvalue weighted by Gasteiger charge is 2.49. The zero-order valence-electron chi connectivity index (χ0n) is 17.1. The molecule has 2 aromatic rings. The van der Waals surface area contributed by atoms with Crippen molar-refractivity contribution in [1.82, 2.24) is 15.1 Å². The number of carbonyl (C=O) groups is 3. The van der Waals surface area contributed by atoms with Gasteiger partial charge in [0.05, 0.1) is 0 Å². The number of carbonyl (C=O) groups excluding carboxylic acids is 3. The molecule has 4 amide bonds. The lowest BCUT2D eigenvalue weighted by Crippen LogP contribution is -2.43. The Morgan fingerprint density at radius 1 is 1.10 bits per heavy atom. The molecular formula is C22H25N3O3S. The first-order valence-electron chi connectivity index (χ1n) is 9.33. The monoisotopic (exact) mass is 411 g/mol. The van der Waals surface area contributed by atoms with Crippen LogP contribution >= 0.6 is 11.8 Å². The van der Waals surface area contributed by atoms with Crippen molar-refractivity contribution in [2.45, 2.75) is 30.8 Å². The molecule has 1 saturated heterocycles. The third kappa shape index (κ3) is 4.29. The minimum Gasteiger partial charge on any atom is -0.340 e. The Kier molecular flexibility index (Phi) is 5.98. The summed E-state index contributed by atoms with van der Waals surface area (Å²) >= 11 is 1.65. The normalized spacial score (nSPS) is 18.7. The zero-order chi connectivity index (χ0) is 21.2. The van der Waals surface area contributed by atoms with Gasteiger partial charge in [-0.15, -0.1) is 11.8 Å². The maximum atomic E-state index is 13.0. The average Bonchev–Trinajstić information content (AvgIpc) is 2.92. The lowest BCUT2D eigenvalue weighted by atomic mass is 9.91.